The minimum absolute atomic E-state index is 0. The van der Waals surface area contributed by atoms with Crippen molar-refractivity contribution in [3.63, 3.8) is 0 Å². The molecule has 5 heteroatoms. The molecule has 1 aromatic rings. The van der Waals surface area contributed by atoms with Gasteiger partial charge in [0.15, 0.2) is 6.61 Å². The molecule has 1 saturated carbocycles. The number of carbonyl (C=O) groups excluding carboxylic acids is 1. The number of rotatable bonds is 4. The van der Waals surface area contributed by atoms with E-state index < -0.39 is 0 Å². The lowest BCUT2D eigenvalue weighted by molar-refractivity contribution is -0.124. The van der Waals surface area contributed by atoms with Crippen molar-refractivity contribution in [1.29, 1.82) is 0 Å². The molecule has 1 aliphatic carbocycles. The van der Waals surface area contributed by atoms with Gasteiger partial charge in [0, 0.05) is 12.1 Å². The van der Waals surface area contributed by atoms with E-state index in [1.54, 1.807) is 0 Å². The van der Waals surface area contributed by atoms with Gasteiger partial charge in [-0.25, -0.2) is 0 Å². The standard InChI is InChI=1S/C16H24N2O2.ClH/c1-11-3-8-15(9-12(11)2)20-10-16(19)18-14-6-4-13(17)5-7-14;/h3,8-9,13-14H,4-7,10,17H2,1-2H3,(H,18,19);1H. The summed E-state index contributed by atoms with van der Waals surface area (Å²) in [6.45, 7) is 4.16. The first-order chi connectivity index (χ1) is 9.54. The van der Waals surface area contributed by atoms with E-state index in [9.17, 15) is 4.79 Å². The Labute approximate surface area is 132 Å². The Kier molecular flexibility index (Phi) is 6.99. The molecule has 3 N–H and O–H groups in total. The van der Waals surface area contributed by atoms with Gasteiger partial charge in [-0.15, -0.1) is 12.4 Å². The Balaban J connectivity index is 0.00000220. The van der Waals surface area contributed by atoms with Crippen LogP contribution in [0, 0.1) is 13.8 Å². The fraction of sp³-hybridized carbons (Fsp3) is 0.562. The number of nitrogens with two attached hydrogens (primary N) is 1. The molecule has 0 heterocycles. The number of hydrogen-bond donors (Lipinski definition) is 2. The van der Waals surface area contributed by atoms with Crippen LogP contribution < -0.4 is 15.8 Å². The van der Waals surface area contributed by atoms with Crippen LogP contribution in [0.3, 0.4) is 0 Å². The summed E-state index contributed by atoms with van der Waals surface area (Å²) in [6.07, 6.45) is 3.92. The highest BCUT2D eigenvalue weighted by atomic mass is 35.5. The fourth-order valence-corrected chi connectivity index (χ4v) is 2.49. The van der Waals surface area contributed by atoms with Gasteiger partial charge in [0.1, 0.15) is 5.75 Å². The lowest BCUT2D eigenvalue weighted by atomic mass is 9.92. The van der Waals surface area contributed by atoms with Crippen molar-refractivity contribution >= 4 is 18.3 Å². The summed E-state index contributed by atoms with van der Waals surface area (Å²) in [5, 5.41) is 3.02. The van der Waals surface area contributed by atoms with Gasteiger partial charge in [0.05, 0.1) is 0 Å². The molecule has 0 saturated heterocycles. The van der Waals surface area contributed by atoms with E-state index in [4.69, 9.17) is 10.5 Å². The van der Waals surface area contributed by atoms with Crippen molar-refractivity contribution in [3.8, 4) is 5.75 Å². The van der Waals surface area contributed by atoms with Gasteiger partial charge >= 0.3 is 0 Å². The van der Waals surface area contributed by atoms with E-state index in [-0.39, 0.29) is 31.0 Å². The SMILES string of the molecule is Cc1ccc(OCC(=O)NC2CCC(N)CC2)cc1C.Cl. The zero-order chi connectivity index (χ0) is 14.5. The Morgan fingerprint density at radius 3 is 2.52 bits per heavy atom. The van der Waals surface area contributed by atoms with Gasteiger partial charge in [0.25, 0.3) is 5.91 Å². The first kappa shape index (κ1) is 17.8. The highest BCUT2D eigenvalue weighted by Gasteiger charge is 2.20. The van der Waals surface area contributed by atoms with Crippen LogP contribution in [-0.2, 0) is 4.79 Å². The molecular formula is C16H25ClN2O2. The summed E-state index contributed by atoms with van der Waals surface area (Å²) in [4.78, 5) is 11.9. The van der Waals surface area contributed by atoms with Crippen molar-refractivity contribution in [3.05, 3.63) is 29.3 Å². The summed E-state index contributed by atoms with van der Waals surface area (Å²) < 4.78 is 5.53. The summed E-state index contributed by atoms with van der Waals surface area (Å²) >= 11 is 0. The second-order valence-electron chi connectivity index (χ2n) is 5.71. The molecule has 1 fully saturated rings. The minimum Gasteiger partial charge on any atom is -0.484 e. The maximum absolute atomic E-state index is 11.9. The van der Waals surface area contributed by atoms with Crippen LogP contribution in [0.1, 0.15) is 36.8 Å². The Morgan fingerprint density at radius 2 is 1.90 bits per heavy atom. The maximum Gasteiger partial charge on any atom is 0.258 e. The predicted molar refractivity (Wildman–Crippen MR) is 87.0 cm³/mol. The third-order valence-corrected chi connectivity index (χ3v) is 3.99. The molecule has 118 valence electrons. The molecule has 1 aliphatic rings. The third kappa shape index (κ3) is 5.56. The number of carbonyl (C=O) groups is 1. The third-order valence-electron chi connectivity index (χ3n) is 3.99. The first-order valence-electron chi connectivity index (χ1n) is 7.29. The Hall–Kier alpha value is -1.26. The summed E-state index contributed by atoms with van der Waals surface area (Å²) in [5.74, 6) is 0.692. The summed E-state index contributed by atoms with van der Waals surface area (Å²) in [5.41, 5.74) is 8.24. The number of hydrogen-bond acceptors (Lipinski definition) is 3. The van der Waals surface area contributed by atoms with Gasteiger partial charge in [-0.3, -0.25) is 4.79 Å². The lowest BCUT2D eigenvalue weighted by Crippen LogP contribution is -2.42. The fourth-order valence-electron chi connectivity index (χ4n) is 2.49. The van der Waals surface area contributed by atoms with Crippen molar-refractivity contribution < 1.29 is 9.53 Å². The smallest absolute Gasteiger partial charge is 0.258 e. The van der Waals surface area contributed by atoms with Crippen molar-refractivity contribution in [2.75, 3.05) is 6.61 Å². The first-order valence-corrected chi connectivity index (χ1v) is 7.29. The largest absolute Gasteiger partial charge is 0.484 e. The molecule has 1 amide bonds. The molecule has 0 aliphatic heterocycles. The van der Waals surface area contributed by atoms with Gasteiger partial charge < -0.3 is 15.8 Å². The van der Waals surface area contributed by atoms with Crippen molar-refractivity contribution in [1.82, 2.24) is 5.32 Å². The quantitative estimate of drug-likeness (QED) is 0.898. The second kappa shape index (κ2) is 8.25. The van der Waals surface area contributed by atoms with Gasteiger partial charge in [-0.1, -0.05) is 6.07 Å². The van der Waals surface area contributed by atoms with E-state index >= 15 is 0 Å². The average molecular weight is 313 g/mol. The number of halogens is 1. The topological polar surface area (TPSA) is 64.3 Å². The molecule has 21 heavy (non-hydrogen) atoms. The van der Waals surface area contributed by atoms with E-state index in [2.05, 4.69) is 12.2 Å². The molecule has 0 unspecified atom stereocenters. The van der Waals surface area contributed by atoms with Crippen LogP contribution in [0.2, 0.25) is 0 Å². The molecule has 0 aromatic heterocycles. The molecule has 2 rings (SSSR count). The molecule has 0 radical (unpaired) electrons. The molecule has 4 nitrogen and oxygen atoms in total. The highest BCUT2D eigenvalue weighted by Crippen LogP contribution is 2.18. The molecular weight excluding hydrogens is 288 g/mol. The molecule has 0 bridgehead atoms. The normalized spacial score (nSPS) is 21.3. The van der Waals surface area contributed by atoms with Gasteiger partial charge in [-0.05, 0) is 62.8 Å². The number of benzene rings is 1. The van der Waals surface area contributed by atoms with Crippen LogP contribution in [-0.4, -0.2) is 24.6 Å². The van der Waals surface area contributed by atoms with Gasteiger partial charge in [-0.2, -0.15) is 0 Å². The number of aryl methyl sites for hydroxylation is 2. The molecule has 1 aromatic carbocycles. The zero-order valence-corrected chi connectivity index (χ0v) is 13.5. The maximum atomic E-state index is 11.9. The van der Waals surface area contributed by atoms with Gasteiger partial charge in [0.2, 0.25) is 0 Å². The molecule has 0 atom stereocenters. The predicted octanol–water partition coefficient (Wildman–Crippen LogP) is 2.49. The Bertz CT molecular complexity index is 471. The molecule has 0 spiro atoms. The van der Waals surface area contributed by atoms with Crippen LogP contribution in [0.25, 0.3) is 0 Å². The second-order valence-corrected chi connectivity index (χ2v) is 5.71. The summed E-state index contributed by atoms with van der Waals surface area (Å²) in [7, 11) is 0. The van der Waals surface area contributed by atoms with E-state index in [0.29, 0.717) is 6.04 Å². The lowest BCUT2D eigenvalue weighted by Gasteiger charge is -2.26. The monoisotopic (exact) mass is 312 g/mol. The van der Waals surface area contributed by atoms with E-state index in [0.717, 1.165) is 31.4 Å². The van der Waals surface area contributed by atoms with Crippen LogP contribution in [0.5, 0.6) is 5.75 Å². The van der Waals surface area contributed by atoms with Crippen LogP contribution in [0.4, 0.5) is 0 Å². The van der Waals surface area contributed by atoms with Crippen molar-refractivity contribution in [2.45, 2.75) is 51.6 Å². The van der Waals surface area contributed by atoms with E-state index in [1.165, 1.54) is 11.1 Å². The highest BCUT2D eigenvalue weighted by molar-refractivity contribution is 5.85. The number of nitrogens with one attached hydrogen (secondary N) is 1. The summed E-state index contributed by atoms with van der Waals surface area (Å²) in [6, 6.07) is 6.42. The Morgan fingerprint density at radius 1 is 1.24 bits per heavy atom. The average Bonchev–Trinajstić information content (AvgIpc) is 2.43. The minimum atomic E-state index is -0.0521. The van der Waals surface area contributed by atoms with Crippen molar-refractivity contribution in [2.24, 2.45) is 5.73 Å². The van der Waals surface area contributed by atoms with E-state index in [1.807, 2.05) is 25.1 Å². The number of amides is 1. The van der Waals surface area contributed by atoms with Crippen LogP contribution in [0.15, 0.2) is 18.2 Å². The van der Waals surface area contributed by atoms with Crippen LogP contribution >= 0.6 is 12.4 Å². The number of ether oxygens (including phenoxy) is 1. The zero-order valence-electron chi connectivity index (χ0n) is 12.7.